The Balaban J connectivity index is 2.59. The van der Waals surface area contributed by atoms with Crippen molar-refractivity contribution in [2.75, 3.05) is 19.6 Å². The fraction of sp³-hybridized carbons (Fsp3) is 0.625. The van der Waals surface area contributed by atoms with E-state index >= 15 is 0 Å². The number of amides is 6. The van der Waals surface area contributed by atoms with E-state index in [2.05, 4.69) is 31.6 Å². The van der Waals surface area contributed by atoms with E-state index in [0.29, 0.717) is 25.7 Å². The van der Waals surface area contributed by atoms with E-state index in [-0.39, 0.29) is 77.0 Å². The number of carbonyl (C=O) groups is 8. The minimum Gasteiger partial charge on any atom is -0.370 e. The lowest BCUT2D eigenvalue weighted by molar-refractivity contribution is -0.135. The molecule has 322 valence electrons. The van der Waals surface area contributed by atoms with Gasteiger partial charge in [-0.2, -0.15) is 0 Å². The molecule has 1 saturated heterocycles. The first-order valence-corrected chi connectivity index (χ1v) is 20.1. The molecule has 0 spiro atoms. The van der Waals surface area contributed by atoms with Crippen molar-refractivity contribution < 1.29 is 38.4 Å². The van der Waals surface area contributed by atoms with Crippen LogP contribution < -0.4 is 49.5 Å². The molecule has 18 nitrogen and oxygen atoms in total. The largest absolute Gasteiger partial charge is 0.370 e. The molecule has 18 heteroatoms. The Morgan fingerprint density at radius 3 is 2.19 bits per heavy atom. The second-order valence-corrected chi connectivity index (χ2v) is 15.0. The molecule has 6 amide bonds. The molecule has 0 aromatic heterocycles. The van der Waals surface area contributed by atoms with Gasteiger partial charge in [0.2, 0.25) is 35.4 Å². The Bertz CT molecular complexity index is 1600. The molecule has 0 unspecified atom stereocenters. The fourth-order valence-electron chi connectivity index (χ4n) is 6.62. The number of nitrogens with two attached hydrogens (primary N) is 4. The topological polar surface area (TPSA) is 313 Å². The van der Waals surface area contributed by atoms with Crippen molar-refractivity contribution >= 4 is 53.0 Å². The number of guanidine groups is 1. The molecule has 0 aliphatic carbocycles. The third kappa shape index (κ3) is 18.3. The van der Waals surface area contributed by atoms with Gasteiger partial charge in [0.05, 0.1) is 6.04 Å². The lowest BCUT2D eigenvalue weighted by Gasteiger charge is -2.27. The zero-order chi connectivity index (χ0) is 43.2. The molecule has 0 bridgehead atoms. The normalized spacial score (nSPS) is 22.1. The molecule has 0 radical (unpaired) electrons. The molecule has 1 heterocycles. The summed E-state index contributed by atoms with van der Waals surface area (Å²) in [7, 11) is 0. The Kier molecular flexibility index (Phi) is 21.7. The van der Waals surface area contributed by atoms with E-state index in [0.717, 1.165) is 17.5 Å². The van der Waals surface area contributed by atoms with Gasteiger partial charge >= 0.3 is 0 Å². The standard InChI is InChI=1S/C40H64N10O8/c1-4-5-9-29(47-25(3)51)37(56)49-31-15-16-35(54)45-20-17-28(36(42)55)23-33(52)27(8-7-19-46-40(43)44)22-34(53)32(21-26-13-11-24(2)12-14-26)50-38(57)30(10-6-18-41)48-39(31)58/h11-14,27-32H,4-10,15-23,41H2,1-3H3,(H2,42,55)(H,45,54)(H,47,51)(H,48,58)(H,49,56)(H,50,57)(H4,43,44,46)/t27-,28-,29+,30+,31+,32-/m1/s1. The number of Topliss-reactive ketones (excluding diaryl/α,β-unsaturated/α-hetero) is 2. The highest BCUT2D eigenvalue weighted by Gasteiger charge is 2.34. The molecule has 1 aromatic carbocycles. The van der Waals surface area contributed by atoms with Crippen molar-refractivity contribution in [2.24, 2.45) is 39.8 Å². The first-order chi connectivity index (χ1) is 27.5. The molecule has 13 N–H and O–H groups in total. The molecule has 1 aromatic rings. The van der Waals surface area contributed by atoms with Crippen LogP contribution >= 0.6 is 0 Å². The molecule has 0 saturated carbocycles. The minimum absolute atomic E-state index is 0.0207. The third-order valence-electron chi connectivity index (χ3n) is 10.0. The van der Waals surface area contributed by atoms with Gasteiger partial charge < -0.3 is 49.5 Å². The van der Waals surface area contributed by atoms with Gasteiger partial charge in [-0.1, -0.05) is 49.6 Å². The third-order valence-corrected chi connectivity index (χ3v) is 10.0. The molecule has 58 heavy (non-hydrogen) atoms. The number of hydrogen-bond acceptors (Lipinski definition) is 10. The van der Waals surface area contributed by atoms with Gasteiger partial charge in [-0.25, -0.2) is 0 Å². The summed E-state index contributed by atoms with van der Waals surface area (Å²) in [4.78, 5) is 111. The van der Waals surface area contributed by atoms with E-state index < -0.39 is 83.0 Å². The van der Waals surface area contributed by atoms with Crippen LogP contribution in [0.5, 0.6) is 0 Å². The second kappa shape index (κ2) is 25.8. The number of aliphatic imine (C=N–C) groups is 1. The molecule has 1 aliphatic heterocycles. The first-order valence-electron chi connectivity index (χ1n) is 20.1. The number of aryl methyl sites for hydroxylation is 1. The highest BCUT2D eigenvalue weighted by molar-refractivity contribution is 5.97. The Morgan fingerprint density at radius 2 is 1.57 bits per heavy atom. The predicted octanol–water partition coefficient (Wildman–Crippen LogP) is -0.584. The molecule has 2 rings (SSSR count). The van der Waals surface area contributed by atoms with Gasteiger partial charge in [-0.3, -0.25) is 43.3 Å². The zero-order valence-corrected chi connectivity index (χ0v) is 34.1. The van der Waals surface area contributed by atoms with Crippen molar-refractivity contribution in [3.05, 3.63) is 35.4 Å². The van der Waals surface area contributed by atoms with Gasteiger partial charge in [-0.05, 0) is 70.4 Å². The number of benzene rings is 1. The van der Waals surface area contributed by atoms with E-state index in [4.69, 9.17) is 22.9 Å². The maximum atomic E-state index is 14.2. The summed E-state index contributed by atoms with van der Waals surface area (Å²) in [6.45, 7) is 5.44. The first kappa shape index (κ1) is 48.8. The van der Waals surface area contributed by atoms with E-state index in [1.807, 2.05) is 38.1 Å². The number of carbonyl (C=O) groups excluding carboxylic acids is 8. The Hall–Kier alpha value is -5.39. The number of nitrogens with zero attached hydrogens (tertiary/aromatic N) is 1. The Labute approximate surface area is 340 Å². The Morgan fingerprint density at radius 1 is 0.879 bits per heavy atom. The highest BCUT2D eigenvalue weighted by atomic mass is 16.2. The molecule has 6 atom stereocenters. The van der Waals surface area contributed by atoms with Crippen LogP contribution in [-0.2, 0) is 44.8 Å². The lowest BCUT2D eigenvalue weighted by Crippen LogP contribution is -2.58. The van der Waals surface area contributed by atoms with Crippen molar-refractivity contribution in [1.29, 1.82) is 0 Å². The van der Waals surface area contributed by atoms with E-state index in [9.17, 15) is 38.4 Å². The number of nitrogens with one attached hydrogen (secondary N) is 5. The minimum atomic E-state index is -1.31. The van der Waals surface area contributed by atoms with Crippen LogP contribution in [0.4, 0.5) is 0 Å². The number of unbranched alkanes of at least 4 members (excludes halogenated alkanes) is 1. The number of primary amides is 1. The average Bonchev–Trinajstić information content (AvgIpc) is 3.16. The zero-order valence-electron chi connectivity index (χ0n) is 34.1. The quantitative estimate of drug-likeness (QED) is 0.0578. The molecule has 1 fully saturated rings. The fourth-order valence-corrected chi connectivity index (χ4v) is 6.62. The average molecular weight is 813 g/mol. The SMILES string of the molecule is CCCC[C@H](NC(C)=O)C(=O)N[C@H]1CCC(=O)NCC[C@@H](C(N)=O)CC(=O)[C@H](CCCN=C(N)N)CC(=O)[C@@H](Cc2ccc(C)cc2)NC(=O)[C@H](CCCN)NC1=O. The lowest BCUT2D eigenvalue weighted by atomic mass is 9.84. The summed E-state index contributed by atoms with van der Waals surface area (Å²) >= 11 is 0. The van der Waals surface area contributed by atoms with Crippen LogP contribution in [0.1, 0.15) is 102 Å². The van der Waals surface area contributed by atoms with Crippen molar-refractivity contribution in [2.45, 2.75) is 128 Å². The summed E-state index contributed by atoms with van der Waals surface area (Å²) in [5.41, 5.74) is 24.2. The summed E-state index contributed by atoms with van der Waals surface area (Å²) in [5.74, 6) is -6.66. The van der Waals surface area contributed by atoms with Gasteiger partial charge in [-0.15, -0.1) is 0 Å². The molecular weight excluding hydrogens is 749 g/mol. The van der Waals surface area contributed by atoms with Gasteiger partial charge in [0.15, 0.2) is 11.7 Å². The van der Waals surface area contributed by atoms with Crippen LogP contribution in [-0.4, -0.2) is 96.8 Å². The van der Waals surface area contributed by atoms with Crippen LogP contribution in [0.2, 0.25) is 0 Å². The molecule has 1 aliphatic rings. The summed E-state index contributed by atoms with van der Waals surface area (Å²) in [6.07, 6.45) is 1.63. The maximum absolute atomic E-state index is 14.2. The van der Waals surface area contributed by atoms with Crippen molar-refractivity contribution in [1.82, 2.24) is 26.6 Å². The monoisotopic (exact) mass is 812 g/mol. The highest BCUT2D eigenvalue weighted by Crippen LogP contribution is 2.22. The van der Waals surface area contributed by atoms with E-state index in [1.54, 1.807) is 0 Å². The number of rotatable bonds is 16. The molecular formula is C40H64N10O8. The van der Waals surface area contributed by atoms with Crippen LogP contribution in [0.25, 0.3) is 0 Å². The second-order valence-electron chi connectivity index (χ2n) is 15.0. The van der Waals surface area contributed by atoms with Crippen LogP contribution in [0.15, 0.2) is 29.3 Å². The van der Waals surface area contributed by atoms with Crippen molar-refractivity contribution in [3.63, 3.8) is 0 Å². The maximum Gasteiger partial charge on any atom is 0.243 e. The predicted molar refractivity (Wildman–Crippen MR) is 218 cm³/mol. The number of hydrogen-bond donors (Lipinski definition) is 9. The van der Waals surface area contributed by atoms with Crippen LogP contribution in [0.3, 0.4) is 0 Å². The van der Waals surface area contributed by atoms with Gasteiger partial charge in [0, 0.05) is 51.1 Å². The summed E-state index contributed by atoms with van der Waals surface area (Å²) < 4.78 is 0. The van der Waals surface area contributed by atoms with Crippen molar-refractivity contribution in [3.8, 4) is 0 Å². The van der Waals surface area contributed by atoms with E-state index in [1.165, 1.54) is 6.92 Å². The van der Waals surface area contributed by atoms with Gasteiger partial charge in [0.25, 0.3) is 0 Å². The van der Waals surface area contributed by atoms with Gasteiger partial charge in [0.1, 0.15) is 23.9 Å². The summed E-state index contributed by atoms with van der Waals surface area (Å²) in [5, 5.41) is 13.5. The summed E-state index contributed by atoms with van der Waals surface area (Å²) in [6, 6.07) is 2.76. The smallest absolute Gasteiger partial charge is 0.243 e. The number of ketones is 2. The van der Waals surface area contributed by atoms with Crippen LogP contribution in [0, 0.1) is 18.8 Å².